The van der Waals surface area contributed by atoms with Crippen LogP contribution in [-0.4, -0.2) is 25.7 Å². The van der Waals surface area contributed by atoms with Crippen molar-refractivity contribution in [2.24, 2.45) is 0 Å². The van der Waals surface area contributed by atoms with Gasteiger partial charge in [0, 0.05) is 18.8 Å². The molecular formula is C14H18N2O4S. The van der Waals surface area contributed by atoms with Gasteiger partial charge in [-0.25, -0.2) is 8.42 Å². The predicted octanol–water partition coefficient (Wildman–Crippen LogP) is 2.37. The van der Waals surface area contributed by atoms with Crippen molar-refractivity contribution in [1.82, 2.24) is 10.3 Å². The summed E-state index contributed by atoms with van der Waals surface area (Å²) in [5.41, 5.74) is 0.742. The van der Waals surface area contributed by atoms with Gasteiger partial charge in [-0.05, 0) is 24.3 Å². The number of rotatable bonds is 6. The number of aromatic nitrogens is 1. The molecule has 6 nitrogen and oxygen atoms in total. The molecule has 0 amide bonds. The summed E-state index contributed by atoms with van der Waals surface area (Å²) in [6.45, 7) is 4.68. The second-order valence-corrected chi connectivity index (χ2v) is 7.00. The van der Waals surface area contributed by atoms with Crippen molar-refractivity contribution in [3.05, 3.63) is 36.2 Å². The van der Waals surface area contributed by atoms with Crippen LogP contribution in [0.15, 0.2) is 39.8 Å². The van der Waals surface area contributed by atoms with E-state index in [0.717, 1.165) is 11.9 Å². The number of nitrogens with zero attached hydrogens (tertiary/aromatic N) is 1. The van der Waals surface area contributed by atoms with Gasteiger partial charge in [0.15, 0.2) is 9.84 Å². The summed E-state index contributed by atoms with van der Waals surface area (Å²) < 4.78 is 33.3. The minimum Gasteiger partial charge on any atom is -0.417 e. The van der Waals surface area contributed by atoms with E-state index < -0.39 is 9.84 Å². The zero-order valence-corrected chi connectivity index (χ0v) is 13.0. The smallest absolute Gasteiger partial charge is 0.399 e. The minimum atomic E-state index is -3.21. The lowest BCUT2D eigenvalue weighted by atomic mass is 10.3. The molecule has 7 heteroatoms. The normalized spacial score (nSPS) is 11.8. The van der Waals surface area contributed by atoms with Gasteiger partial charge in [0.1, 0.15) is 12.0 Å². The zero-order valence-electron chi connectivity index (χ0n) is 12.2. The maximum atomic E-state index is 11.4. The van der Waals surface area contributed by atoms with Crippen molar-refractivity contribution in [1.29, 1.82) is 0 Å². The van der Waals surface area contributed by atoms with E-state index in [0.29, 0.717) is 18.3 Å². The van der Waals surface area contributed by atoms with Crippen LogP contribution in [-0.2, 0) is 16.4 Å². The Bertz CT molecular complexity index is 690. The average Bonchev–Trinajstić information content (AvgIpc) is 2.83. The minimum absolute atomic E-state index is 0.127. The summed E-state index contributed by atoms with van der Waals surface area (Å²) in [4.78, 5) is 4.42. The first-order chi connectivity index (χ1) is 9.84. The number of ether oxygens (including phenoxy) is 1. The highest BCUT2D eigenvalue weighted by molar-refractivity contribution is 7.90. The number of oxazole rings is 1. The topological polar surface area (TPSA) is 81.4 Å². The van der Waals surface area contributed by atoms with Gasteiger partial charge in [-0.3, -0.25) is 0 Å². The SMILES string of the molecule is CC(C)NCc1coc(Oc2ccc(S(C)(=O)=O)cc2)n1. The molecule has 1 N–H and O–H groups in total. The van der Waals surface area contributed by atoms with Gasteiger partial charge in [-0.2, -0.15) is 4.98 Å². The molecule has 0 saturated heterocycles. The summed E-state index contributed by atoms with van der Waals surface area (Å²) in [5.74, 6) is 0.465. The number of nitrogens with one attached hydrogen (secondary N) is 1. The van der Waals surface area contributed by atoms with Gasteiger partial charge >= 0.3 is 6.08 Å². The molecule has 0 radical (unpaired) electrons. The van der Waals surface area contributed by atoms with E-state index in [1.54, 1.807) is 12.1 Å². The van der Waals surface area contributed by atoms with Crippen LogP contribution in [0.25, 0.3) is 0 Å². The molecule has 0 saturated carbocycles. The zero-order chi connectivity index (χ0) is 15.5. The maximum Gasteiger partial charge on any atom is 0.399 e. The first-order valence-electron chi connectivity index (χ1n) is 6.50. The lowest BCUT2D eigenvalue weighted by Gasteiger charge is -2.04. The molecule has 21 heavy (non-hydrogen) atoms. The van der Waals surface area contributed by atoms with Gasteiger partial charge in [-0.1, -0.05) is 13.8 Å². The maximum absolute atomic E-state index is 11.4. The lowest BCUT2D eigenvalue weighted by Crippen LogP contribution is -2.21. The third kappa shape index (κ3) is 4.57. The Labute approximate surface area is 124 Å². The van der Waals surface area contributed by atoms with Crippen LogP contribution < -0.4 is 10.1 Å². The molecule has 0 aliphatic rings. The first kappa shape index (κ1) is 15.5. The van der Waals surface area contributed by atoms with E-state index in [1.807, 2.05) is 13.8 Å². The van der Waals surface area contributed by atoms with E-state index >= 15 is 0 Å². The van der Waals surface area contributed by atoms with Crippen molar-refractivity contribution < 1.29 is 17.6 Å². The van der Waals surface area contributed by atoms with Crippen molar-refractivity contribution in [2.75, 3.05) is 6.26 Å². The number of hydrogen-bond acceptors (Lipinski definition) is 6. The number of benzene rings is 1. The molecule has 0 spiro atoms. The van der Waals surface area contributed by atoms with Crippen LogP contribution in [0.3, 0.4) is 0 Å². The van der Waals surface area contributed by atoms with Crippen LogP contribution in [0.4, 0.5) is 0 Å². The van der Waals surface area contributed by atoms with E-state index in [4.69, 9.17) is 9.15 Å². The van der Waals surface area contributed by atoms with Crippen molar-refractivity contribution in [3.63, 3.8) is 0 Å². The Balaban J connectivity index is 2.02. The molecule has 2 rings (SSSR count). The van der Waals surface area contributed by atoms with Crippen LogP contribution in [0, 0.1) is 0 Å². The highest BCUT2D eigenvalue weighted by Crippen LogP contribution is 2.22. The largest absolute Gasteiger partial charge is 0.417 e. The fourth-order valence-electron chi connectivity index (χ4n) is 1.58. The molecule has 2 aromatic rings. The van der Waals surface area contributed by atoms with E-state index in [9.17, 15) is 8.42 Å². The molecule has 1 aromatic heterocycles. The van der Waals surface area contributed by atoms with Crippen LogP contribution >= 0.6 is 0 Å². The third-order valence-corrected chi connectivity index (χ3v) is 3.81. The highest BCUT2D eigenvalue weighted by Gasteiger charge is 2.09. The molecule has 1 heterocycles. The third-order valence-electron chi connectivity index (χ3n) is 2.68. The van der Waals surface area contributed by atoms with Gasteiger partial charge < -0.3 is 14.5 Å². The van der Waals surface area contributed by atoms with Crippen LogP contribution in [0.1, 0.15) is 19.5 Å². The summed E-state index contributed by atoms with van der Waals surface area (Å²) in [6.07, 6.45) is 2.81. The predicted molar refractivity (Wildman–Crippen MR) is 78.1 cm³/mol. The molecule has 114 valence electrons. The van der Waals surface area contributed by atoms with E-state index in [2.05, 4.69) is 10.3 Å². The Hall–Kier alpha value is -1.86. The van der Waals surface area contributed by atoms with E-state index in [-0.39, 0.29) is 11.0 Å². The van der Waals surface area contributed by atoms with Crippen molar-refractivity contribution in [3.8, 4) is 11.8 Å². The Morgan fingerprint density at radius 1 is 1.29 bits per heavy atom. The summed E-state index contributed by atoms with van der Waals surface area (Å²) in [7, 11) is -3.21. The van der Waals surface area contributed by atoms with Gasteiger partial charge in [0.2, 0.25) is 0 Å². The second kappa shape index (κ2) is 6.28. The molecule has 0 unspecified atom stereocenters. The van der Waals surface area contributed by atoms with Crippen LogP contribution in [0.5, 0.6) is 11.8 Å². The van der Waals surface area contributed by atoms with Gasteiger partial charge in [-0.15, -0.1) is 0 Å². The quantitative estimate of drug-likeness (QED) is 0.882. The molecule has 0 atom stereocenters. The van der Waals surface area contributed by atoms with E-state index in [1.165, 1.54) is 18.4 Å². The fourth-order valence-corrected chi connectivity index (χ4v) is 2.21. The molecule has 1 aromatic carbocycles. The van der Waals surface area contributed by atoms with Crippen molar-refractivity contribution in [2.45, 2.75) is 31.3 Å². The standard InChI is InChI=1S/C14H18N2O4S/c1-10(2)15-8-11-9-19-14(16-11)20-12-4-6-13(7-5-12)21(3,17)18/h4-7,9-10,15H,8H2,1-3H3. The molecule has 0 bridgehead atoms. The van der Waals surface area contributed by atoms with Crippen molar-refractivity contribution >= 4 is 9.84 Å². The Morgan fingerprint density at radius 2 is 1.95 bits per heavy atom. The Morgan fingerprint density at radius 3 is 2.52 bits per heavy atom. The second-order valence-electron chi connectivity index (χ2n) is 4.99. The Kier molecular flexibility index (Phi) is 4.64. The summed E-state index contributed by atoms with van der Waals surface area (Å²) in [6, 6.07) is 6.44. The monoisotopic (exact) mass is 310 g/mol. The summed E-state index contributed by atoms with van der Waals surface area (Å²) in [5, 5.41) is 3.22. The molecular weight excluding hydrogens is 292 g/mol. The molecule has 0 fully saturated rings. The first-order valence-corrected chi connectivity index (χ1v) is 8.39. The fraction of sp³-hybridized carbons (Fsp3) is 0.357. The highest BCUT2D eigenvalue weighted by atomic mass is 32.2. The lowest BCUT2D eigenvalue weighted by molar-refractivity contribution is 0.330. The number of sulfone groups is 1. The van der Waals surface area contributed by atoms with Crippen LogP contribution in [0.2, 0.25) is 0 Å². The van der Waals surface area contributed by atoms with Gasteiger partial charge in [0.05, 0.1) is 10.6 Å². The average molecular weight is 310 g/mol. The summed E-state index contributed by atoms with van der Waals surface area (Å²) >= 11 is 0. The number of hydrogen-bond donors (Lipinski definition) is 1. The van der Waals surface area contributed by atoms with Gasteiger partial charge in [0.25, 0.3) is 0 Å². The molecule has 0 aliphatic heterocycles. The molecule has 0 aliphatic carbocycles.